The first-order valence-electron chi connectivity index (χ1n) is 9.67. The van der Waals surface area contributed by atoms with Gasteiger partial charge in [-0.2, -0.15) is 0 Å². The molecule has 2 amide bonds. The Balaban J connectivity index is 2.06. The number of anilines is 2. The SMILES string of the molecule is CCN(CC)C(C(=O)Nc1ccc(C(=O)Nc2onc(C)c2C)cc1)C(C)C. The summed E-state index contributed by atoms with van der Waals surface area (Å²) in [5.74, 6) is 0.210. The Morgan fingerprint density at radius 3 is 2.14 bits per heavy atom. The standard InChI is InChI=1S/C21H30N4O3/c1-7-25(8-2)18(13(3)4)20(27)22-17-11-9-16(10-12-17)19(26)23-21-14(5)15(6)24-28-21/h9-13,18H,7-8H2,1-6H3,(H,22,27)(H,23,26). The largest absolute Gasteiger partial charge is 0.338 e. The Labute approximate surface area is 166 Å². The van der Waals surface area contributed by atoms with Gasteiger partial charge in [-0.15, -0.1) is 0 Å². The molecule has 1 unspecified atom stereocenters. The van der Waals surface area contributed by atoms with Gasteiger partial charge in [0.15, 0.2) is 0 Å². The van der Waals surface area contributed by atoms with Gasteiger partial charge in [-0.25, -0.2) is 0 Å². The van der Waals surface area contributed by atoms with Crippen LogP contribution in [-0.2, 0) is 4.79 Å². The zero-order valence-corrected chi connectivity index (χ0v) is 17.5. The number of aryl methyl sites for hydroxylation is 1. The fourth-order valence-corrected chi connectivity index (χ4v) is 3.14. The number of likely N-dealkylation sites (N-methyl/N-ethyl adjacent to an activating group) is 1. The molecular formula is C21H30N4O3. The predicted molar refractivity (Wildman–Crippen MR) is 111 cm³/mol. The Morgan fingerprint density at radius 2 is 1.68 bits per heavy atom. The topological polar surface area (TPSA) is 87.5 Å². The highest BCUT2D eigenvalue weighted by Crippen LogP contribution is 2.19. The fourth-order valence-electron chi connectivity index (χ4n) is 3.14. The molecule has 7 nitrogen and oxygen atoms in total. The number of rotatable bonds is 8. The third-order valence-electron chi connectivity index (χ3n) is 4.90. The number of amides is 2. The van der Waals surface area contributed by atoms with Crippen LogP contribution in [0.5, 0.6) is 0 Å². The van der Waals surface area contributed by atoms with Crippen LogP contribution < -0.4 is 10.6 Å². The van der Waals surface area contributed by atoms with E-state index in [9.17, 15) is 9.59 Å². The first-order valence-corrected chi connectivity index (χ1v) is 9.67. The van der Waals surface area contributed by atoms with Crippen LogP contribution in [0.15, 0.2) is 28.8 Å². The molecule has 2 rings (SSSR count). The molecule has 1 aromatic carbocycles. The Morgan fingerprint density at radius 1 is 1.07 bits per heavy atom. The molecule has 1 atom stereocenters. The third-order valence-corrected chi connectivity index (χ3v) is 4.90. The number of aromatic nitrogens is 1. The van der Waals surface area contributed by atoms with Crippen LogP contribution in [0.2, 0.25) is 0 Å². The van der Waals surface area contributed by atoms with E-state index in [4.69, 9.17) is 4.52 Å². The lowest BCUT2D eigenvalue weighted by Gasteiger charge is -2.31. The van der Waals surface area contributed by atoms with Gasteiger partial charge in [-0.1, -0.05) is 32.9 Å². The second-order valence-electron chi connectivity index (χ2n) is 7.15. The molecule has 0 bridgehead atoms. The first kappa shape index (κ1) is 21.6. The van der Waals surface area contributed by atoms with Crippen molar-refractivity contribution in [1.29, 1.82) is 0 Å². The zero-order valence-electron chi connectivity index (χ0n) is 17.5. The summed E-state index contributed by atoms with van der Waals surface area (Å²) in [5.41, 5.74) is 2.66. The number of nitrogens with zero attached hydrogens (tertiary/aromatic N) is 2. The van der Waals surface area contributed by atoms with E-state index in [0.29, 0.717) is 17.1 Å². The third kappa shape index (κ3) is 4.98. The second kappa shape index (κ2) is 9.50. The molecule has 152 valence electrons. The van der Waals surface area contributed by atoms with Gasteiger partial charge in [-0.05, 0) is 57.1 Å². The first-order chi connectivity index (χ1) is 13.3. The average molecular weight is 386 g/mol. The molecular weight excluding hydrogens is 356 g/mol. The highest BCUT2D eigenvalue weighted by Gasteiger charge is 2.27. The predicted octanol–water partition coefficient (Wildman–Crippen LogP) is 3.85. The van der Waals surface area contributed by atoms with Crippen molar-refractivity contribution >= 4 is 23.4 Å². The van der Waals surface area contributed by atoms with Gasteiger partial charge in [0.25, 0.3) is 5.91 Å². The van der Waals surface area contributed by atoms with E-state index in [0.717, 1.165) is 24.3 Å². The van der Waals surface area contributed by atoms with Crippen LogP contribution in [0.25, 0.3) is 0 Å². The maximum absolute atomic E-state index is 12.8. The van der Waals surface area contributed by atoms with Gasteiger partial charge >= 0.3 is 0 Å². The molecule has 0 radical (unpaired) electrons. The molecule has 2 N–H and O–H groups in total. The summed E-state index contributed by atoms with van der Waals surface area (Å²) >= 11 is 0. The van der Waals surface area contributed by atoms with Crippen LogP contribution in [0, 0.1) is 19.8 Å². The summed E-state index contributed by atoms with van der Waals surface area (Å²) in [6.07, 6.45) is 0. The highest BCUT2D eigenvalue weighted by molar-refractivity contribution is 6.04. The summed E-state index contributed by atoms with van der Waals surface area (Å²) < 4.78 is 5.11. The van der Waals surface area contributed by atoms with Gasteiger partial charge in [0.1, 0.15) is 0 Å². The van der Waals surface area contributed by atoms with Crippen LogP contribution in [0.3, 0.4) is 0 Å². The zero-order chi connectivity index (χ0) is 20.8. The van der Waals surface area contributed by atoms with E-state index in [1.807, 2.05) is 27.7 Å². The van der Waals surface area contributed by atoms with Crippen molar-refractivity contribution in [2.45, 2.75) is 47.6 Å². The lowest BCUT2D eigenvalue weighted by Crippen LogP contribution is -2.47. The molecule has 0 aliphatic rings. The summed E-state index contributed by atoms with van der Waals surface area (Å²) in [4.78, 5) is 27.3. The molecule has 7 heteroatoms. The van der Waals surface area contributed by atoms with Gasteiger partial charge in [0.05, 0.1) is 11.7 Å². The minimum absolute atomic E-state index is 0.0383. The Bertz CT molecular complexity index is 808. The van der Waals surface area contributed by atoms with Crippen molar-refractivity contribution in [3.05, 3.63) is 41.1 Å². The monoisotopic (exact) mass is 386 g/mol. The van der Waals surface area contributed by atoms with Crippen LogP contribution in [-0.4, -0.2) is 41.0 Å². The number of carbonyl (C=O) groups excluding carboxylic acids is 2. The highest BCUT2D eigenvalue weighted by atomic mass is 16.5. The second-order valence-corrected chi connectivity index (χ2v) is 7.15. The molecule has 0 saturated heterocycles. The van der Waals surface area contributed by atoms with Crippen LogP contribution in [0.4, 0.5) is 11.6 Å². The van der Waals surface area contributed by atoms with E-state index < -0.39 is 0 Å². The van der Waals surface area contributed by atoms with Crippen molar-refractivity contribution < 1.29 is 14.1 Å². The van der Waals surface area contributed by atoms with Gasteiger partial charge < -0.3 is 9.84 Å². The summed E-state index contributed by atoms with van der Waals surface area (Å²) in [7, 11) is 0. The number of nitrogens with one attached hydrogen (secondary N) is 2. The molecule has 2 aromatic rings. The van der Waals surface area contributed by atoms with Crippen molar-refractivity contribution in [3.8, 4) is 0 Å². The number of hydrogen-bond donors (Lipinski definition) is 2. The molecule has 0 fully saturated rings. The number of benzene rings is 1. The molecule has 1 heterocycles. The Hall–Kier alpha value is -2.67. The maximum Gasteiger partial charge on any atom is 0.258 e. The van der Waals surface area contributed by atoms with Crippen LogP contribution in [0.1, 0.15) is 49.3 Å². The fraction of sp³-hybridized carbons (Fsp3) is 0.476. The molecule has 1 aromatic heterocycles. The van der Waals surface area contributed by atoms with E-state index in [-0.39, 0.29) is 23.8 Å². The summed E-state index contributed by atoms with van der Waals surface area (Å²) in [5, 5.41) is 9.50. The van der Waals surface area contributed by atoms with Crippen molar-refractivity contribution in [2.75, 3.05) is 23.7 Å². The molecule has 0 aliphatic heterocycles. The lowest BCUT2D eigenvalue weighted by atomic mass is 10.0. The van der Waals surface area contributed by atoms with E-state index in [1.165, 1.54) is 0 Å². The van der Waals surface area contributed by atoms with Crippen molar-refractivity contribution in [3.63, 3.8) is 0 Å². The van der Waals surface area contributed by atoms with Crippen molar-refractivity contribution in [1.82, 2.24) is 10.1 Å². The summed E-state index contributed by atoms with van der Waals surface area (Å²) in [6, 6.07) is 6.60. The lowest BCUT2D eigenvalue weighted by molar-refractivity contribution is -0.122. The van der Waals surface area contributed by atoms with Gasteiger partial charge in [0, 0.05) is 16.8 Å². The Kier molecular flexibility index (Phi) is 7.34. The minimum atomic E-state index is -0.291. The normalized spacial score (nSPS) is 12.3. The van der Waals surface area contributed by atoms with E-state index >= 15 is 0 Å². The smallest absolute Gasteiger partial charge is 0.258 e. The van der Waals surface area contributed by atoms with E-state index in [1.54, 1.807) is 24.3 Å². The molecule has 0 aliphatic carbocycles. The van der Waals surface area contributed by atoms with Gasteiger partial charge in [0.2, 0.25) is 11.8 Å². The number of carbonyl (C=O) groups is 2. The maximum atomic E-state index is 12.8. The molecule has 28 heavy (non-hydrogen) atoms. The summed E-state index contributed by atoms with van der Waals surface area (Å²) in [6.45, 7) is 13.5. The molecule has 0 saturated carbocycles. The van der Waals surface area contributed by atoms with E-state index in [2.05, 4.69) is 34.5 Å². The minimum Gasteiger partial charge on any atom is -0.338 e. The van der Waals surface area contributed by atoms with Crippen LogP contribution >= 0.6 is 0 Å². The quantitative estimate of drug-likeness (QED) is 0.719. The number of hydrogen-bond acceptors (Lipinski definition) is 5. The average Bonchev–Trinajstić information content (AvgIpc) is 2.98. The van der Waals surface area contributed by atoms with Gasteiger partial charge in [-0.3, -0.25) is 19.8 Å². The molecule has 0 spiro atoms. The van der Waals surface area contributed by atoms with Crippen molar-refractivity contribution in [2.24, 2.45) is 5.92 Å².